The second kappa shape index (κ2) is 31.0. The zero-order valence-electron chi connectivity index (χ0n) is 54.0. The largest absolute Gasteiger partial charge is 0.371 e. The van der Waals surface area contributed by atoms with Gasteiger partial charge in [-0.25, -0.2) is 51.9 Å². The Hall–Kier alpha value is -9.81. The van der Waals surface area contributed by atoms with Gasteiger partial charge in [-0.05, 0) is 164 Å². The van der Waals surface area contributed by atoms with Gasteiger partial charge in [0.25, 0.3) is 11.8 Å². The second-order valence-electron chi connectivity index (χ2n) is 22.8. The molecule has 1 atom stereocenters. The van der Waals surface area contributed by atoms with Crippen molar-refractivity contribution in [2.45, 2.75) is 99.6 Å². The number of urea groups is 2. The maximum Gasteiger partial charge on any atom is 0.328 e. The molecule has 7 N–H and O–H groups in total. The highest BCUT2D eigenvalue weighted by Crippen LogP contribution is 2.41. The summed E-state index contributed by atoms with van der Waals surface area (Å²) in [6.07, 6.45) is 1.36. The van der Waals surface area contributed by atoms with Crippen molar-refractivity contribution in [3.8, 4) is 22.5 Å². The van der Waals surface area contributed by atoms with Crippen molar-refractivity contribution in [2.24, 2.45) is 5.73 Å². The number of nitrogens with one attached hydrogen (secondary N) is 5. The van der Waals surface area contributed by atoms with Crippen molar-refractivity contribution >= 4 is 75.0 Å². The highest BCUT2D eigenvalue weighted by Gasteiger charge is 2.37. The first kappa shape index (κ1) is 69.1. The van der Waals surface area contributed by atoms with Gasteiger partial charge in [0, 0.05) is 102 Å². The van der Waals surface area contributed by atoms with Crippen LogP contribution in [0.2, 0.25) is 0 Å². The van der Waals surface area contributed by atoms with Crippen LogP contribution in [0.4, 0.5) is 67.5 Å². The van der Waals surface area contributed by atoms with E-state index in [0.717, 1.165) is 76.1 Å². The Morgan fingerprint density at radius 2 is 1.01 bits per heavy atom. The van der Waals surface area contributed by atoms with E-state index in [0.29, 0.717) is 64.4 Å². The predicted octanol–water partition coefficient (Wildman–Crippen LogP) is 12.2. The summed E-state index contributed by atoms with van der Waals surface area (Å²) >= 11 is 0. The molecule has 0 radical (unpaired) electrons. The van der Waals surface area contributed by atoms with Gasteiger partial charge < -0.3 is 42.1 Å². The molecule has 0 saturated heterocycles. The lowest BCUT2D eigenvalue weighted by Gasteiger charge is -2.31. The molecular weight excluding hydrogens is 1210 g/mol. The number of halogens is 4. The minimum atomic E-state index is -1.68. The van der Waals surface area contributed by atoms with Gasteiger partial charge in [-0.2, -0.15) is 4.98 Å². The van der Waals surface area contributed by atoms with E-state index >= 15 is 8.78 Å². The van der Waals surface area contributed by atoms with Gasteiger partial charge in [0.05, 0.1) is 35.3 Å². The van der Waals surface area contributed by atoms with Gasteiger partial charge >= 0.3 is 12.1 Å². The standard InChI is InChI=1S/C34H37F2N7O2.C24H23F2N5O3S.C11H18N2/c1-6-42(24-10-7-9-21(4)17-24)16-15-37-33-40-29(25-18-23(14-13-22(25)5)32(44)39-20(2)3)26-19-38-34(45)43(31(26)41-33)30-27(35)11-8-12-28(30)36;1-12(2)28-22(32)14-9-8-13(3)15(10-14)19-16-11-27-24(33)31(20-17(25)6-5-7-18(20)26)21(16)30-23(29-19)35(4)34;1-3-13(8-7-12)11-6-4-5-10(2)9-11/h7-14,17-18,20H,6,15-16,19H2,1-5H3,(H,38,45)(H,39,44)(H,37,40,41);5-10,12H,11H2,1-4H3,(H,27,33)(H,28,32);4-6,9H,3,7-8,12H2,1-2H3. The molecule has 6 amide bonds. The first-order valence-electron chi connectivity index (χ1n) is 30.5. The van der Waals surface area contributed by atoms with Crippen molar-refractivity contribution < 1.29 is 40.9 Å². The number of carbonyl (C=O) groups excluding carboxylic acids is 4. The molecule has 24 heteroatoms. The Balaban J connectivity index is 0.000000204. The van der Waals surface area contributed by atoms with E-state index in [1.165, 1.54) is 29.6 Å². The lowest BCUT2D eigenvalue weighted by Crippen LogP contribution is -2.43. The average molecular weight is 1290 g/mol. The Labute approximate surface area is 542 Å². The SMILES string of the molecule is CCN(CCN)c1cccc(C)c1.CCN(CCNc1nc(-c2cc(C(=O)NC(C)C)ccc2C)c2c(n1)N(c1c(F)cccc1F)C(=O)NC2)c1cccc(C)c1.Cc1ccc(C(=O)NC(C)C)cc1-c1nc(S(C)=O)nc2c1CNC(=O)N2c1c(F)cccc1F. The summed E-state index contributed by atoms with van der Waals surface area (Å²) in [7, 11) is -1.68. The summed E-state index contributed by atoms with van der Waals surface area (Å²) < 4.78 is 72.0. The number of hydrogen-bond acceptors (Lipinski definition) is 13. The number of para-hydroxylation sites is 2. The summed E-state index contributed by atoms with van der Waals surface area (Å²) in [5.74, 6) is -4.12. The maximum absolute atomic E-state index is 15.1. The van der Waals surface area contributed by atoms with E-state index < -0.39 is 57.5 Å². The predicted molar refractivity (Wildman–Crippen MR) is 359 cm³/mol. The van der Waals surface area contributed by atoms with Crippen molar-refractivity contribution in [1.82, 2.24) is 41.2 Å². The Kier molecular flexibility index (Phi) is 23.0. The molecule has 2 aliphatic heterocycles. The highest BCUT2D eigenvalue weighted by atomic mass is 32.2. The Bertz CT molecular complexity index is 4060. The fraction of sp³-hybridized carbons (Fsp3) is 0.304. The van der Waals surface area contributed by atoms with Crippen LogP contribution < -0.4 is 51.9 Å². The number of hydrogen-bond donors (Lipinski definition) is 6. The number of rotatable bonds is 19. The number of amides is 6. The summed E-state index contributed by atoms with van der Waals surface area (Å²) in [5, 5.41) is 14.2. The molecule has 0 aliphatic carbocycles. The minimum absolute atomic E-state index is 0.0230. The lowest BCUT2D eigenvalue weighted by molar-refractivity contribution is 0.0934. The monoisotopic (exact) mass is 1290 g/mol. The van der Waals surface area contributed by atoms with Crippen LogP contribution in [0.5, 0.6) is 0 Å². The average Bonchev–Trinajstić information content (AvgIpc) is 0.767. The third-order valence-corrected chi connectivity index (χ3v) is 15.8. The zero-order chi connectivity index (χ0) is 67.4. The summed E-state index contributed by atoms with van der Waals surface area (Å²) in [6, 6.07) is 32.1. The van der Waals surface area contributed by atoms with E-state index in [4.69, 9.17) is 10.7 Å². The highest BCUT2D eigenvalue weighted by molar-refractivity contribution is 7.84. The number of nitrogens with two attached hydrogens (primary N) is 1. The Morgan fingerprint density at radius 3 is 1.42 bits per heavy atom. The molecule has 10 rings (SSSR count). The van der Waals surface area contributed by atoms with Gasteiger partial charge in [-0.15, -0.1) is 0 Å². The van der Waals surface area contributed by atoms with Crippen LogP contribution in [-0.2, 0) is 23.9 Å². The van der Waals surface area contributed by atoms with E-state index in [1.54, 1.807) is 30.3 Å². The second-order valence-corrected chi connectivity index (χ2v) is 24.1. The molecule has 2 aromatic heterocycles. The first-order valence-corrected chi connectivity index (χ1v) is 32.1. The van der Waals surface area contributed by atoms with Crippen LogP contribution in [0.15, 0.2) is 126 Å². The van der Waals surface area contributed by atoms with E-state index in [9.17, 15) is 32.2 Å². The molecule has 2 aliphatic rings. The number of aromatic nitrogens is 4. The van der Waals surface area contributed by atoms with E-state index in [2.05, 4.69) is 109 Å². The third kappa shape index (κ3) is 16.5. The van der Waals surface area contributed by atoms with Crippen molar-refractivity contribution in [3.63, 3.8) is 0 Å². The molecule has 8 aromatic rings. The first-order chi connectivity index (χ1) is 44.4. The Morgan fingerprint density at radius 1 is 0.591 bits per heavy atom. The third-order valence-electron chi connectivity index (χ3n) is 15.1. The molecule has 4 heterocycles. The maximum atomic E-state index is 15.1. The topological polar surface area (TPSA) is 236 Å². The number of likely N-dealkylation sites (N-methyl/N-ethyl adjacent to an activating group) is 2. The van der Waals surface area contributed by atoms with Crippen LogP contribution in [0.25, 0.3) is 22.5 Å². The number of carbonyl (C=O) groups is 4. The molecule has 93 heavy (non-hydrogen) atoms. The summed E-state index contributed by atoms with van der Waals surface area (Å²) in [6.45, 7) is 24.0. The zero-order valence-corrected chi connectivity index (χ0v) is 54.8. The number of aryl methyl sites for hydroxylation is 4. The summed E-state index contributed by atoms with van der Waals surface area (Å²) in [5.41, 5.74) is 14.3. The molecule has 19 nitrogen and oxygen atoms in total. The van der Waals surface area contributed by atoms with Gasteiger partial charge in [0.2, 0.25) is 11.1 Å². The number of anilines is 7. The minimum Gasteiger partial charge on any atom is -0.371 e. The van der Waals surface area contributed by atoms with Crippen LogP contribution in [0, 0.1) is 51.0 Å². The smallest absolute Gasteiger partial charge is 0.328 e. The fourth-order valence-electron chi connectivity index (χ4n) is 10.5. The number of fused-ring (bicyclic) bond motifs is 2. The molecule has 0 spiro atoms. The molecule has 0 bridgehead atoms. The van der Waals surface area contributed by atoms with Gasteiger partial charge in [-0.3, -0.25) is 13.8 Å². The molecule has 6 aromatic carbocycles. The number of benzene rings is 6. The summed E-state index contributed by atoms with van der Waals surface area (Å²) in [4.78, 5) is 75.9. The molecule has 0 saturated carbocycles. The quantitative estimate of drug-likeness (QED) is 0.0327. The van der Waals surface area contributed by atoms with E-state index in [1.807, 2.05) is 66.7 Å². The van der Waals surface area contributed by atoms with Gasteiger partial charge in [0.1, 0.15) is 34.6 Å². The van der Waals surface area contributed by atoms with Gasteiger partial charge in [-0.1, -0.05) is 48.5 Å². The normalized spacial score (nSPS) is 12.7. The van der Waals surface area contributed by atoms with Crippen LogP contribution >= 0.6 is 0 Å². The van der Waals surface area contributed by atoms with Crippen LogP contribution in [0.1, 0.15) is 95.6 Å². The van der Waals surface area contributed by atoms with Crippen molar-refractivity contribution in [1.29, 1.82) is 0 Å². The van der Waals surface area contributed by atoms with Crippen molar-refractivity contribution in [2.75, 3.05) is 70.4 Å². The van der Waals surface area contributed by atoms with Crippen LogP contribution in [0.3, 0.4) is 0 Å². The molecular formula is C69H78F4N14O5S. The molecule has 1 unspecified atom stereocenters. The van der Waals surface area contributed by atoms with Gasteiger partial charge in [0.15, 0.2) is 11.6 Å². The van der Waals surface area contributed by atoms with Crippen molar-refractivity contribution in [3.05, 3.63) is 189 Å². The van der Waals surface area contributed by atoms with Crippen LogP contribution in [-0.4, -0.2) is 106 Å². The fourth-order valence-corrected chi connectivity index (χ4v) is 11.0. The number of nitrogens with zero attached hydrogens (tertiary/aromatic N) is 8. The van der Waals surface area contributed by atoms with E-state index in [-0.39, 0.29) is 59.7 Å². The lowest BCUT2D eigenvalue weighted by atomic mass is 9.97. The molecule has 0 fully saturated rings. The molecule has 488 valence electrons.